The highest BCUT2D eigenvalue weighted by molar-refractivity contribution is 8.04. The van der Waals surface area contributed by atoms with Crippen molar-refractivity contribution in [1.29, 1.82) is 0 Å². The van der Waals surface area contributed by atoms with Gasteiger partial charge in [-0.25, -0.2) is 0 Å². The molecule has 29 heavy (non-hydrogen) atoms. The molecule has 0 spiro atoms. The third-order valence-electron chi connectivity index (χ3n) is 5.46. The number of amides is 1. The topological polar surface area (TPSA) is 114 Å². The van der Waals surface area contributed by atoms with Crippen molar-refractivity contribution in [3.05, 3.63) is 10.5 Å². The molecule has 0 aromatic carbocycles. The molecule has 4 atom stereocenters. The lowest BCUT2D eigenvalue weighted by molar-refractivity contribution is -0.141. The second-order valence-electron chi connectivity index (χ2n) is 7.82. The van der Waals surface area contributed by atoms with Gasteiger partial charge < -0.3 is 24.7 Å². The normalized spacial score (nSPS) is 29.4. The van der Waals surface area contributed by atoms with Crippen LogP contribution in [0.5, 0.6) is 0 Å². The number of carbonyl (C=O) groups excluding carboxylic acids is 2. The van der Waals surface area contributed by atoms with Crippen molar-refractivity contribution in [3.8, 4) is 0 Å². The fourth-order valence-electron chi connectivity index (χ4n) is 3.93. The zero-order chi connectivity index (χ0) is 20.8. The highest BCUT2D eigenvalue weighted by Crippen LogP contribution is 2.46. The first kappa shape index (κ1) is 22.3. The average Bonchev–Trinajstić information content (AvgIpc) is 3.04. The van der Waals surface area contributed by atoms with Crippen LogP contribution in [-0.4, -0.2) is 60.2 Å². The number of hydrogen-bond acceptors (Lipinski definition) is 7. The fourth-order valence-corrected chi connectivity index (χ4v) is 5.37. The molecule has 3 N–H and O–H groups in total. The van der Waals surface area contributed by atoms with Crippen LogP contribution in [-0.2, 0) is 23.9 Å². The molecule has 0 aromatic heterocycles. The second-order valence-corrected chi connectivity index (χ2v) is 9.06. The number of carbonyl (C=O) groups is 3. The van der Waals surface area contributed by atoms with Crippen molar-refractivity contribution >= 4 is 29.4 Å². The third-order valence-corrected chi connectivity index (χ3v) is 6.79. The van der Waals surface area contributed by atoms with E-state index in [1.54, 1.807) is 0 Å². The minimum absolute atomic E-state index is 0.0770. The Morgan fingerprint density at radius 3 is 2.72 bits per heavy atom. The maximum Gasteiger partial charge on any atom is 0.313 e. The summed E-state index contributed by atoms with van der Waals surface area (Å²) in [6.07, 6.45) is 4.42. The Hall–Kier alpha value is -1.42. The lowest BCUT2D eigenvalue weighted by Gasteiger charge is -2.29. The van der Waals surface area contributed by atoms with E-state index in [0.29, 0.717) is 45.4 Å². The van der Waals surface area contributed by atoms with Gasteiger partial charge in [0.05, 0.1) is 18.1 Å². The fraction of sp³-hybridized carbons (Fsp3) is 0.750. The van der Waals surface area contributed by atoms with Crippen LogP contribution in [0.4, 0.5) is 0 Å². The van der Waals surface area contributed by atoms with Crippen LogP contribution in [0.15, 0.2) is 10.5 Å². The number of thioether (sulfide) groups is 1. The first-order valence-corrected chi connectivity index (χ1v) is 11.2. The Morgan fingerprint density at radius 1 is 1.21 bits per heavy atom. The predicted molar refractivity (Wildman–Crippen MR) is 108 cm³/mol. The highest BCUT2D eigenvalue weighted by Gasteiger charge is 2.44. The number of hydrogen-bond donors (Lipinski definition) is 3. The zero-order valence-electron chi connectivity index (χ0n) is 16.8. The number of nitrogens with one attached hydrogen (secondary N) is 2. The quantitative estimate of drug-likeness (QED) is 0.511. The number of aliphatic carboxylic acids is 1. The minimum Gasteiger partial charge on any atom is -0.481 e. The molecule has 8 nitrogen and oxygen atoms in total. The summed E-state index contributed by atoms with van der Waals surface area (Å²) in [5.41, 5.74) is 0.901. The first-order valence-electron chi connectivity index (χ1n) is 10.3. The highest BCUT2D eigenvalue weighted by atomic mass is 32.2. The van der Waals surface area contributed by atoms with Gasteiger partial charge in [0.2, 0.25) is 5.91 Å². The van der Waals surface area contributed by atoms with Gasteiger partial charge in [0.1, 0.15) is 17.9 Å². The van der Waals surface area contributed by atoms with Crippen LogP contribution in [0, 0.1) is 5.92 Å². The van der Waals surface area contributed by atoms with Crippen molar-refractivity contribution in [2.24, 2.45) is 5.92 Å². The molecule has 3 heterocycles. The van der Waals surface area contributed by atoms with Gasteiger partial charge in [-0.1, -0.05) is 0 Å². The molecule has 3 aliphatic heterocycles. The number of carboxylic acids is 1. The Balaban J connectivity index is 1.50. The van der Waals surface area contributed by atoms with Crippen LogP contribution < -0.4 is 10.6 Å². The molecule has 0 aliphatic carbocycles. The van der Waals surface area contributed by atoms with Crippen LogP contribution in [0.1, 0.15) is 51.9 Å². The molecule has 0 bridgehead atoms. The number of ether oxygens (including phenoxy) is 2. The monoisotopic (exact) mass is 426 g/mol. The number of Topliss-reactive ketones (excluding diaryl/α,β-unsaturated/α-hetero) is 1. The van der Waals surface area contributed by atoms with Crippen LogP contribution in [0.2, 0.25) is 0 Å². The molecular weight excluding hydrogens is 396 g/mol. The maximum atomic E-state index is 12.0. The Kier molecular flexibility index (Phi) is 8.11. The Morgan fingerprint density at radius 2 is 2.03 bits per heavy atom. The Labute approximate surface area is 175 Å². The van der Waals surface area contributed by atoms with Gasteiger partial charge in [0.25, 0.3) is 0 Å². The molecule has 162 valence electrons. The summed E-state index contributed by atoms with van der Waals surface area (Å²) < 4.78 is 11.6. The summed E-state index contributed by atoms with van der Waals surface area (Å²) in [7, 11) is 0. The summed E-state index contributed by atoms with van der Waals surface area (Å²) in [6, 6.07) is 0. The molecule has 3 aliphatic rings. The van der Waals surface area contributed by atoms with Crippen LogP contribution in [0.25, 0.3) is 0 Å². The summed E-state index contributed by atoms with van der Waals surface area (Å²) in [4.78, 5) is 35.9. The predicted octanol–water partition coefficient (Wildman–Crippen LogP) is 1.79. The molecule has 1 saturated heterocycles. The summed E-state index contributed by atoms with van der Waals surface area (Å²) in [5.74, 6) is -1.49. The Bertz CT molecular complexity index is 661. The van der Waals surface area contributed by atoms with E-state index in [0.717, 1.165) is 29.7 Å². The van der Waals surface area contributed by atoms with Crippen molar-refractivity contribution in [2.75, 3.05) is 19.8 Å². The van der Waals surface area contributed by atoms with E-state index < -0.39 is 11.9 Å². The van der Waals surface area contributed by atoms with Crippen molar-refractivity contribution in [2.45, 2.75) is 69.6 Å². The molecule has 3 rings (SSSR count). The van der Waals surface area contributed by atoms with E-state index in [2.05, 4.69) is 10.6 Å². The smallest absolute Gasteiger partial charge is 0.313 e. The van der Waals surface area contributed by atoms with Crippen LogP contribution in [0.3, 0.4) is 0 Å². The van der Waals surface area contributed by atoms with E-state index in [-0.39, 0.29) is 29.4 Å². The molecule has 9 heteroatoms. The summed E-state index contributed by atoms with van der Waals surface area (Å²) in [6.45, 7) is 2.94. The summed E-state index contributed by atoms with van der Waals surface area (Å²) in [5, 5.41) is 15.8. The molecule has 0 aromatic rings. The zero-order valence-corrected chi connectivity index (χ0v) is 17.6. The van der Waals surface area contributed by atoms with Crippen molar-refractivity contribution in [1.82, 2.24) is 10.6 Å². The van der Waals surface area contributed by atoms with E-state index >= 15 is 0 Å². The largest absolute Gasteiger partial charge is 0.481 e. The molecule has 1 fully saturated rings. The molecular formula is C20H30N2O6S. The van der Waals surface area contributed by atoms with E-state index in [1.807, 2.05) is 0 Å². The minimum atomic E-state index is -0.843. The number of carboxylic acid groups (broad SMARTS) is 1. The lowest BCUT2D eigenvalue weighted by atomic mass is 9.91. The molecule has 4 unspecified atom stereocenters. The molecule has 0 radical (unpaired) electrons. The van der Waals surface area contributed by atoms with Gasteiger partial charge >= 0.3 is 5.97 Å². The van der Waals surface area contributed by atoms with Gasteiger partial charge in [-0.2, -0.15) is 0 Å². The van der Waals surface area contributed by atoms with Gasteiger partial charge in [0, 0.05) is 30.9 Å². The van der Waals surface area contributed by atoms with Gasteiger partial charge in [-0.05, 0) is 44.6 Å². The number of ketones is 1. The van der Waals surface area contributed by atoms with Gasteiger partial charge in [-0.3, -0.25) is 14.9 Å². The molecule has 0 saturated carbocycles. The molecule has 1 amide bonds. The summed E-state index contributed by atoms with van der Waals surface area (Å²) >= 11 is 1.53. The van der Waals surface area contributed by atoms with Crippen molar-refractivity contribution < 1.29 is 29.0 Å². The van der Waals surface area contributed by atoms with E-state index in [4.69, 9.17) is 9.47 Å². The van der Waals surface area contributed by atoms with Gasteiger partial charge in [-0.15, -0.1) is 11.8 Å². The third kappa shape index (κ3) is 6.28. The average molecular weight is 427 g/mol. The number of rotatable bonds is 9. The second kappa shape index (κ2) is 10.6. The maximum absolute atomic E-state index is 12.0. The lowest BCUT2D eigenvalue weighted by Crippen LogP contribution is -2.45. The first-order chi connectivity index (χ1) is 13.9. The van der Waals surface area contributed by atoms with Crippen LogP contribution >= 0.6 is 11.8 Å². The van der Waals surface area contributed by atoms with Gasteiger partial charge in [0.15, 0.2) is 0 Å². The standard InChI is InChI=1S/C20H30N2O6S/c1-12(23)5-4-6-16(24)21-10-13-9-14-15(11-28-13)29-19(18(14)20(25)26)22-17-7-2-3-8-27-17/h13,17-19,22H,2-11H2,1H3,(H,21,24)(H,25,26). The SMILES string of the molecule is CC(=O)CCCC(=O)NCC1CC2=C(CO1)SC(NC1CCCCO1)C2C(=O)O. The van der Waals surface area contributed by atoms with E-state index in [1.165, 1.54) is 18.7 Å². The van der Waals surface area contributed by atoms with Crippen molar-refractivity contribution in [3.63, 3.8) is 0 Å². The van der Waals surface area contributed by atoms with E-state index in [9.17, 15) is 19.5 Å².